The average molecular weight is 319 g/mol. The number of benzene rings is 1. The van der Waals surface area contributed by atoms with Crippen LogP contribution in [0.4, 0.5) is 4.79 Å². The molecule has 1 atom stereocenters. The summed E-state index contributed by atoms with van der Waals surface area (Å²) in [5.41, 5.74) is 0.952. The number of fused-ring (bicyclic) bond motifs is 1. The summed E-state index contributed by atoms with van der Waals surface area (Å²) in [5.74, 6) is -0.448. The largest absolute Gasteiger partial charge is 0.465 e. The van der Waals surface area contributed by atoms with Gasteiger partial charge in [-0.3, -0.25) is 14.5 Å². The fourth-order valence-electron chi connectivity index (χ4n) is 2.54. The Kier molecular flexibility index (Phi) is 5.70. The van der Waals surface area contributed by atoms with Gasteiger partial charge in [-0.1, -0.05) is 12.1 Å². The molecular formula is C16H21N3O4. The van der Waals surface area contributed by atoms with Crippen molar-refractivity contribution < 1.29 is 19.5 Å². The minimum Gasteiger partial charge on any atom is -0.465 e. The van der Waals surface area contributed by atoms with Crippen LogP contribution in [0.15, 0.2) is 24.3 Å². The normalized spacial score (nSPS) is 14.7. The zero-order chi connectivity index (χ0) is 16.8. The van der Waals surface area contributed by atoms with Gasteiger partial charge < -0.3 is 15.7 Å². The summed E-state index contributed by atoms with van der Waals surface area (Å²) in [6, 6.07) is 6.69. The van der Waals surface area contributed by atoms with Crippen molar-refractivity contribution in [3.8, 4) is 0 Å². The average Bonchev–Trinajstić information content (AvgIpc) is 2.75. The Morgan fingerprint density at radius 1 is 1.17 bits per heavy atom. The molecule has 0 radical (unpaired) electrons. The Morgan fingerprint density at radius 2 is 1.78 bits per heavy atom. The predicted molar refractivity (Wildman–Crippen MR) is 84.5 cm³/mol. The standard InChI is InChI=1S/C16H21N3O4/c1-11(18-16(22)23)10-17-8-4-5-9-19-14(20)12-6-2-3-7-13(12)15(19)21/h2-3,6-7,11,17-18H,4-5,8-10H2,1H3,(H,22,23). The first kappa shape index (κ1) is 17.0. The third kappa shape index (κ3) is 4.29. The smallest absolute Gasteiger partial charge is 0.404 e. The first-order valence-electron chi connectivity index (χ1n) is 7.66. The molecule has 2 rings (SSSR count). The van der Waals surface area contributed by atoms with Gasteiger partial charge in [0.2, 0.25) is 0 Å². The summed E-state index contributed by atoms with van der Waals surface area (Å²) >= 11 is 0. The predicted octanol–water partition coefficient (Wildman–Crippen LogP) is 1.31. The van der Waals surface area contributed by atoms with Crippen molar-refractivity contribution in [3.63, 3.8) is 0 Å². The number of imide groups is 1. The van der Waals surface area contributed by atoms with Gasteiger partial charge in [0.1, 0.15) is 0 Å². The molecule has 3 amide bonds. The number of carbonyl (C=O) groups excluding carboxylic acids is 2. The number of amides is 3. The molecule has 3 N–H and O–H groups in total. The maximum Gasteiger partial charge on any atom is 0.404 e. The molecule has 7 nitrogen and oxygen atoms in total. The summed E-state index contributed by atoms with van der Waals surface area (Å²) in [6.45, 7) is 3.42. The maximum absolute atomic E-state index is 12.1. The van der Waals surface area contributed by atoms with Gasteiger partial charge in [-0.05, 0) is 38.4 Å². The fraction of sp³-hybridized carbons (Fsp3) is 0.438. The molecule has 1 unspecified atom stereocenters. The molecule has 1 heterocycles. The third-order valence-electron chi connectivity index (χ3n) is 3.68. The van der Waals surface area contributed by atoms with Crippen molar-refractivity contribution in [2.45, 2.75) is 25.8 Å². The zero-order valence-electron chi connectivity index (χ0n) is 13.0. The minimum atomic E-state index is -1.04. The molecule has 0 fully saturated rings. The summed E-state index contributed by atoms with van der Waals surface area (Å²) in [5, 5.41) is 14.1. The highest BCUT2D eigenvalue weighted by Crippen LogP contribution is 2.22. The van der Waals surface area contributed by atoms with E-state index >= 15 is 0 Å². The van der Waals surface area contributed by atoms with Crippen LogP contribution in [0.25, 0.3) is 0 Å². The number of carbonyl (C=O) groups is 3. The zero-order valence-corrected chi connectivity index (χ0v) is 13.0. The van der Waals surface area contributed by atoms with E-state index in [-0.39, 0.29) is 17.9 Å². The van der Waals surface area contributed by atoms with Gasteiger partial charge in [0.15, 0.2) is 0 Å². The van der Waals surface area contributed by atoms with Crippen molar-refractivity contribution in [2.75, 3.05) is 19.6 Å². The van der Waals surface area contributed by atoms with Gasteiger partial charge in [0, 0.05) is 19.1 Å². The maximum atomic E-state index is 12.1. The molecular weight excluding hydrogens is 298 g/mol. The first-order valence-corrected chi connectivity index (χ1v) is 7.66. The highest BCUT2D eigenvalue weighted by molar-refractivity contribution is 6.21. The Bertz CT molecular complexity index is 568. The van der Waals surface area contributed by atoms with Gasteiger partial charge >= 0.3 is 6.09 Å². The van der Waals surface area contributed by atoms with Crippen LogP contribution in [0.1, 0.15) is 40.5 Å². The van der Waals surface area contributed by atoms with Crippen molar-refractivity contribution >= 4 is 17.9 Å². The van der Waals surface area contributed by atoms with E-state index in [1.165, 1.54) is 4.90 Å². The molecule has 23 heavy (non-hydrogen) atoms. The molecule has 7 heteroatoms. The molecule has 0 saturated carbocycles. The Labute approximate surface area is 134 Å². The van der Waals surface area contributed by atoms with Crippen LogP contribution in [0.3, 0.4) is 0 Å². The highest BCUT2D eigenvalue weighted by Gasteiger charge is 2.34. The van der Waals surface area contributed by atoms with Crippen LogP contribution in [0, 0.1) is 0 Å². The van der Waals surface area contributed by atoms with E-state index in [9.17, 15) is 14.4 Å². The van der Waals surface area contributed by atoms with Gasteiger partial charge in [-0.2, -0.15) is 0 Å². The van der Waals surface area contributed by atoms with Gasteiger partial charge in [-0.25, -0.2) is 4.79 Å². The van der Waals surface area contributed by atoms with Crippen LogP contribution in [0.5, 0.6) is 0 Å². The molecule has 0 aromatic heterocycles. The van der Waals surface area contributed by atoms with Crippen LogP contribution in [0.2, 0.25) is 0 Å². The fourth-order valence-corrected chi connectivity index (χ4v) is 2.54. The summed E-state index contributed by atoms with van der Waals surface area (Å²) in [6.07, 6.45) is 0.469. The summed E-state index contributed by atoms with van der Waals surface area (Å²) < 4.78 is 0. The SMILES string of the molecule is CC(CNCCCCN1C(=O)c2ccccc2C1=O)NC(=O)O. The second-order valence-electron chi connectivity index (χ2n) is 5.57. The number of hydrogen-bond acceptors (Lipinski definition) is 4. The van der Waals surface area contributed by atoms with Crippen LogP contribution in [-0.4, -0.2) is 53.6 Å². The van der Waals surface area contributed by atoms with E-state index in [4.69, 9.17) is 5.11 Å². The topological polar surface area (TPSA) is 98.7 Å². The lowest BCUT2D eigenvalue weighted by molar-refractivity contribution is 0.0651. The van der Waals surface area contributed by atoms with Crippen LogP contribution >= 0.6 is 0 Å². The molecule has 124 valence electrons. The van der Waals surface area contributed by atoms with E-state index in [1.54, 1.807) is 31.2 Å². The van der Waals surface area contributed by atoms with Crippen molar-refractivity contribution in [3.05, 3.63) is 35.4 Å². The summed E-state index contributed by atoms with van der Waals surface area (Å²) in [4.78, 5) is 36.0. The van der Waals surface area contributed by atoms with Crippen LogP contribution < -0.4 is 10.6 Å². The lowest BCUT2D eigenvalue weighted by Crippen LogP contribution is -2.39. The van der Waals surface area contributed by atoms with E-state index in [0.29, 0.717) is 37.2 Å². The number of rotatable bonds is 8. The molecule has 1 aromatic rings. The monoisotopic (exact) mass is 319 g/mol. The van der Waals surface area contributed by atoms with E-state index < -0.39 is 6.09 Å². The lowest BCUT2D eigenvalue weighted by atomic mass is 10.1. The number of unbranched alkanes of at least 4 members (excludes halogenated alkanes) is 1. The molecule has 1 aromatic carbocycles. The quantitative estimate of drug-likeness (QED) is 0.496. The van der Waals surface area contributed by atoms with Gasteiger partial charge in [0.25, 0.3) is 11.8 Å². The second-order valence-corrected chi connectivity index (χ2v) is 5.57. The summed E-state index contributed by atoms with van der Waals surface area (Å²) in [7, 11) is 0. The van der Waals surface area contributed by atoms with Crippen molar-refractivity contribution in [2.24, 2.45) is 0 Å². The Balaban J connectivity index is 1.67. The minimum absolute atomic E-state index is 0.163. The molecule has 0 aliphatic carbocycles. The number of nitrogens with one attached hydrogen (secondary N) is 2. The van der Waals surface area contributed by atoms with Crippen LogP contribution in [-0.2, 0) is 0 Å². The second kappa shape index (κ2) is 7.73. The van der Waals surface area contributed by atoms with Crippen molar-refractivity contribution in [1.29, 1.82) is 0 Å². The van der Waals surface area contributed by atoms with E-state index in [2.05, 4.69) is 10.6 Å². The van der Waals surface area contributed by atoms with E-state index in [1.807, 2.05) is 0 Å². The van der Waals surface area contributed by atoms with Crippen molar-refractivity contribution in [1.82, 2.24) is 15.5 Å². The molecule has 1 aliphatic rings. The lowest BCUT2D eigenvalue weighted by Gasteiger charge is -2.14. The van der Waals surface area contributed by atoms with Gasteiger partial charge in [0.05, 0.1) is 11.1 Å². The molecule has 0 saturated heterocycles. The number of nitrogens with zero attached hydrogens (tertiary/aromatic N) is 1. The van der Waals surface area contributed by atoms with E-state index in [0.717, 1.165) is 6.42 Å². The Morgan fingerprint density at radius 3 is 2.35 bits per heavy atom. The third-order valence-corrected chi connectivity index (χ3v) is 3.68. The number of carboxylic acid groups (broad SMARTS) is 1. The molecule has 0 spiro atoms. The molecule has 0 bridgehead atoms. The highest BCUT2D eigenvalue weighted by atomic mass is 16.4. The Hall–Kier alpha value is -2.41. The van der Waals surface area contributed by atoms with Gasteiger partial charge in [-0.15, -0.1) is 0 Å². The first-order chi connectivity index (χ1) is 11.0. The molecule has 1 aliphatic heterocycles. The number of hydrogen-bond donors (Lipinski definition) is 3.